The Kier molecular flexibility index (Phi) is 7.08. The minimum Gasteiger partial charge on any atom is -0.494 e. The van der Waals surface area contributed by atoms with E-state index in [0.29, 0.717) is 23.7 Å². The molecule has 0 aliphatic carbocycles. The van der Waals surface area contributed by atoms with Gasteiger partial charge in [0.2, 0.25) is 0 Å². The topological polar surface area (TPSA) is 44.8 Å². The van der Waals surface area contributed by atoms with Gasteiger partial charge in [0.05, 0.1) is 12.2 Å². The number of ether oxygens (including phenoxy) is 3. The lowest BCUT2D eigenvalue weighted by atomic mass is 10.2. The van der Waals surface area contributed by atoms with Gasteiger partial charge in [-0.2, -0.15) is 0 Å². The van der Waals surface area contributed by atoms with Crippen molar-refractivity contribution in [1.29, 1.82) is 0 Å². The van der Waals surface area contributed by atoms with E-state index in [-0.39, 0.29) is 0 Å². The Morgan fingerprint density at radius 1 is 0.714 bits per heavy atom. The maximum absolute atomic E-state index is 12.3. The van der Waals surface area contributed by atoms with Crippen molar-refractivity contribution >= 4 is 5.97 Å². The predicted molar refractivity (Wildman–Crippen MR) is 109 cm³/mol. The average molecular weight is 376 g/mol. The Labute approximate surface area is 165 Å². The standard InChI is InChI=1S/C24H24O4/c1-2-3-7-18-26-20-14-16-23(17-15-20)28-24(25)19-10-12-22(13-11-19)27-21-8-5-4-6-9-21/h4-6,8-17H,2-3,7,18H2,1H3. The van der Waals surface area contributed by atoms with Crippen LogP contribution >= 0.6 is 0 Å². The van der Waals surface area contributed by atoms with Gasteiger partial charge in [-0.1, -0.05) is 38.0 Å². The third-order valence-corrected chi connectivity index (χ3v) is 4.12. The summed E-state index contributed by atoms with van der Waals surface area (Å²) in [5.41, 5.74) is 0.459. The second kappa shape index (κ2) is 10.2. The molecule has 0 fully saturated rings. The molecule has 0 aromatic heterocycles. The highest BCUT2D eigenvalue weighted by Gasteiger charge is 2.09. The Hall–Kier alpha value is -3.27. The van der Waals surface area contributed by atoms with E-state index < -0.39 is 5.97 Å². The van der Waals surface area contributed by atoms with Crippen molar-refractivity contribution in [2.75, 3.05) is 6.61 Å². The van der Waals surface area contributed by atoms with Crippen molar-refractivity contribution in [2.24, 2.45) is 0 Å². The van der Waals surface area contributed by atoms with Gasteiger partial charge in [0, 0.05) is 0 Å². The second-order valence-corrected chi connectivity index (χ2v) is 6.36. The average Bonchev–Trinajstić information content (AvgIpc) is 2.74. The Morgan fingerprint density at radius 2 is 1.32 bits per heavy atom. The molecule has 0 atom stereocenters. The van der Waals surface area contributed by atoms with E-state index in [4.69, 9.17) is 14.2 Å². The number of para-hydroxylation sites is 1. The van der Waals surface area contributed by atoms with Crippen molar-refractivity contribution in [1.82, 2.24) is 0 Å². The molecule has 0 N–H and O–H groups in total. The summed E-state index contributed by atoms with van der Waals surface area (Å²) < 4.78 is 16.8. The van der Waals surface area contributed by atoms with Gasteiger partial charge in [-0.3, -0.25) is 0 Å². The van der Waals surface area contributed by atoms with Gasteiger partial charge >= 0.3 is 5.97 Å². The van der Waals surface area contributed by atoms with Gasteiger partial charge in [0.1, 0.15) is 23.0 Å². The lowest BCUT2D eigenvalue weighted by Gasteiger charge is -2.08. The Balaban J connectivity index is 1.52. The van der Waals surface area contributed by atoms with Crippen molar-refractivity contribution in [3.05, 3.63) is 84.4 Å². The lowest BCUT2D eigenvalue weighted by molar-refractivity contribution is 0.0734. The fourth-order valence-corrected chi connectivity index (χ4v) is 2.60. The molecule has 0 amide bonds. The Morgan fingerprint density at radius 3 is 2.00 bits per heavy atom. The van der Waals surface area contributed by atoms with Gasteiger partial charge in [-0.25, -0.2) is 4.79 Å². The highest BCUT2D eigenvalue weighted by atomic mass is 16.5. The van der Waals surface area contributed by atoms with E-state index in [1.807, 2.05) is 42.5 Å². The molecular formula is C24H24O4. The maximum atomic E-state index is 12.3. The number of carbonyl (C=O) groups is 1. The molecule has 0 radical (unpaired) electrons. The first-order valence-corrected chi connectivity index (χ1v) is 9.52. The molecular weight excluding hydrogens is 352 g/mol. The number of unbranched alkanes of at least 4 members (excludes halogenated alkanes) is 2. The summed E-state index contributed by atoms with van der Waals surface area (Å²) in [4.78, 5) is 12.3. The zero-order valence-corrected chi connectivity index (χ0v) is 16.0. The van der Waals surface area contributed by atoms with Crippen molar-refractivity contribution in [3.63, 3.8) is 0 Å². The molecule has 0 unspecified atom stereocenters. The number of carbonyl (C=O) groups excluding carboxylic acids is 1. The van der Waals surface area contributed by atoms with Crippen LogP contribution in [0.4, 0.5) is 0 Å². The third kappa shape index (κ3) is 5.88. The molecule has 3 aromatic rings. The molecule has 0 bridgehead atoms. The molecule has 0 saturated heterocycles. The smallest absolute Gasteiger partial charge is 0.343 e. The van der Waals surface area contributed by atoms with Gasteiger partial charge in [-0.05, 0) is 67.1 Å². The summed E-state index contributed by atoms with van der Waals surface area (Å²) in [6, 6.07) is 23.4. The molecule has 3 rings (SSSR count). The van der Waals surface area contributed by atoms with Crippen LogP contribution in [0.15, 0.2) is 78.9 Å². The molecule has 4 nitrogen and oxygen atoms in total. The molecule has 0 heterocycles. The molecule has 0 aliphatic rings. The summed E-state index contributed by atoms with van der Waals surface area (Å²) >= 11 is 0. The fraction of sp³-hybridized carbons (Fsp3) is 0.208. The van der Waals surface area contributed by atoms with E-state index in [2.05, 4.69) is 6.92 Å². The zero-order chi connectivity index (χ0) is 19.6. The first-order chi connectivity index (χ1) is 13.7. The quantitative estimate of drug-likeness (QED) is 0.251. The highest BCUT2D eigenvalue weighted by Crippen LogP contribution is 2.22. The van der Waals surface area contributed by atoms with E-state index >= 15 is 0 Å². The fourth-order valence-electron chi connectivity index (χ4n) is 2.60. The number of esters is 1. The highest BCUT2D eigenvalue weighted by molar-refractivity contribution is 5.91. The minimum absolute atomic E-state index is 0.414. The van der Waals surface area contributed by atoms with E-state index in [9.17, 15) is 4.79 Å². The second-order valence-electron chi connectivity index (χ2n) is 6.36. The number of hydrogen-bond acceptors (Lipinski definition) is 4. The van der Waals surface area contributed by atoms with Crippen LogP contribution in [-0.2, 0) is 0 Å². The van der Waals surface area contributed by atoms with Crippen molar-refractivity contribution < 1.29 is 19.0 Å². The van der Waals surface area contributed by atoms with Crippen LogP contribution in [0.5, 0.6) is 23.0 Å². The van der Waals surface area contributed by atoms with E-state index in [1.165, 1.54) is 0 Å². The SMILES string of the molecule is CCCCCOc1ccc(OC(=O)c2ccc(Oc3ccccc3)cc2)cc1. The molecule has 0 aliphatic heterocycles. The maximum Gasteiger partial charge on any atom is 0.343 e. The number of rotatable bonds is 9. The molecule has 4 heteroatoms. The first kappa shape index (κ1) is 19.5. The summed E-state index contributed by atoms with van der Waals surface area (Å²) in [7, 11) is 0. The molecule has 0 spiro atoms. The van der Waals surface area contributed by atoms with Crippen LogP contribution in [0.25, 0.3) is 0 Å². The van der Waals surface area contributed by atoms with Gasteiger partial charge < -0.3 is 14.2 Å². The summed E-state index contributed by atoms with van der Waals surface area (Å²) in [5.74, 6) is 2.25. The summed E-state index contributed by atoms with van der Waals surface area (Å²) in [6.07, 6.45) is 3.36. The van der Waals surface area contributed by atoms with Crippen LogP contribution in [0, 0.1) is 0 Å². The van der Waals surface area contributed by atoms with E-state index in [1.54, 1.807) is 36.4 Å². The lowest BCUT2D eigenvalue weighted by Crippen LogP contribution is -2.08. The molecule has 28 heavy (non-hydrogen) atoms. The monoisotopic (exact) mass is 376 g/mol. The van der Waals surface area contributed by atoms with Crippen LogP contribution in [0.3, 0.4) is 0 Å². The van der Waals surface area contributed by atoms with Crippen molar-refractivity contribution in [3.8, 4) is 23.0 Å². The summed E-state index contributed by atoms with van der Waals surface area (Å²) in [5, 5.41) is 0. The Bertz CT molecular complexity index is 855. The van der Waals surface area contributed by atoms with Gasteiger partial charge in [0.15, 0.2) is 0 Å². The minimum atomic E-state index is -0.414. The first-order valence-electron chi connectivity index (χ1n) is 9.52. The van der Waals surface area contributed by atoms with Crippen LogP contribution in [0.1, 0.15) is 36.5 Å². The molecule has 144 valence electrons. The van der Waals surface area contributed by atoms with Crippen LogP contribution in [0.2, 0.25) is 0 Å². The largest absolute Gasteiger partial charge is 0.494 e. The van der Waals surface area contributed by atoms with Crippen LogP contribution in [-0.4, -0.2) is 12.6 Å². The predicted octanol–water partition coefficient (Wildman–Crippen LogP) is 6.27. The number of benzene rings is 3. The normalized spacial score (nSPS) is 10.3. The van der Waals surface area contributed by atoms with Crippen molar-refractivity contribution in [2.45, 2.75) is 26.2 Å². The summed E-state index contributed by atoms with van der Waals surface area (Å²) in [6.45, 7) is 2.86. The molecule has 3 aromatic carbocycles. The van der Waals surface area contributed by atoms with Gasteiger partial charge in [-0.15, -0.1) is 0 Å². The molecule has 0 saturated carbocycles. The van der Waals surface area contributed by atoms with Gasteiger partial charge in [0.25, 0.3) is 0 Å². The number of hydrogen-bond donors (Lipinski definition) is 0. The zero-order valence-electron chi connectivity index (χ0n) is 16.0. The van der Waals surface area contributed by atoms with Crippen LogP contribution < -0.4 is 14.2 Å². The third-order valence-electron chi connectivity index (χ3n) is 4.12. The van der Waals surface area contributed by atoms with E-state index in [0.717, 1.165) is 30.8 Å².